The van der Waals surface area contributed by atoms with Crippen molar-refractivity contribution in [2.24, 2.45) is 5.41 Å². The number of urea groups is 1. The molecule has 3 rings (SSSR count). The van der Waals surface area contributed by atoms with Gasteiger partial charge in [-0.1, -0.05) is 6.42 Å². The van der Waals surface area contributed by atoms with Crippen LogP contribution in [0, 0.1) is 11.2 Å². The lowest BCUT2D eigenvalue weighted by Gasteiger charge is -2.39. The zero-order valence-corrected chi connectivity index (χ0v) is 12.6. The van der Waals surface area contributed by atoms with Crippen LogP contribution in [0.25, 0.3) is 0 Å². The van der Waals surface area contributed by atoms with Crippen LogP contribution in [0.1, 0.15) is 37.8 Å². The molecule has 1 aromatic rings. The molecule has 1 saturated carbocycles. The van der Waals surface area contributed by atoms with E-state index in [1.165, 1.54) is 12.5 Å². The first-order valence-corrected chi connectivity index (χ1v) is 7.90. The molecule has 0 aromatic carbocycles. The van der Waals surface area contributed by atoms with Crippen molar-refractivity contribution in [2.75, 3.05) is 13.2 Å². The molecule has 2 N–H and O–H groups in total. The van der Waals surface area contributed by atoms with Gasteiger partial charge in [0.05, 0.1) is 18.4 Å². The first-order valence-electron chi connectivity index (χ1n) is 7.90. The lowest BCUT2D eigenvalue weighted by Crippen LogP contribution is -2.50. The molecule has 2 amide bonds. The number of nitrogens with one attached hydrogen (secondary N) is 2. The number of hydrogen-bond acceptors (Lipinski definition) is 3. The Bertz CT molecular complexity index is 515. The van der Waals surface area contributed by atoms with Crippen molar-refractivity contribution in [2.45, 2.75) is 44.7 Å². The Labute approximate surface area is 129 Å². The molecule has 0 radical (unpaired) electrons. The van der Waals surface area contributed by atoms with E-state index >= 15 is 0 Å². The molecule has 1 aliphatic heterocycles. The van der Waals surface area contributed by atoms with Gasteiger partial charge in [0.1, 0.15) is 5.82 Å². The molecule has 120 valence electrons. The third kappa shape index (κ3) is 3.38. The van der Waals surface area contributed by atoms with Crippen LogP contribution in [-0.2, 0) is 11.3 Å². The van der Waals surface area contributed by atoms with Crippen molar-refractivity contribution in [3.05, 3.63) is 29.8 Å². The highest BCUT2D eigenvalue weighted by molar-refractivity contribution is 5.74. The number of aromatic nitrogens is 1. The summed E-state index contributed by atoms with van der Waals surface area (Å²) < 4.78 is 18.2. The summed E-state index contributed by atoms with van der Waals surface area (Å²) in [6.07, 6.45) is 6.56. The molecule has 1 saturated heterocycles. The number of rotatable bonds is 3. The van der Waals surface area contributed by atoms with Crippen molar-refractivity contribution < 1.29 is 13.9 Å². The Kier molecular flexibility index (Phi) is 4.57. The monoisotopic (exact) mass is 307 g/mol. The number of halogens is 1. The van der Waals surface area contributed by atoms with Crippen LogP contribution < -0.4 is 10.6 Å². The minimum Gasteiger partial charge on any atom is -0.381 e. The molecule has 6 heteroatoms. The van der Waals surface area contributed by atoms with Gasteiger partial charge in [-0.3, -0.25) is 4.98 Å². The minimum atomic E-state index is -0.374. The van der Waals surface area contributed by atoms with Gasteiger partial charge in [0.15, 0.2) is 0 Å². The molecule has 22 heavy (non-hydrogen) atoms. The average molecular weight is 307 g/mol. The summed E-state index contributed by atoms with van der Waals surface area (Å²) in [5, 5.41) is 5.91. The number of carbonyl (C=O) groups is 1. The van der Waals surface area contributed by atoms with Crippen LogP contribution in [0.4, 0.5) is 9.18 Å². The first-order chi connectivity index (χ1) is 10.7. The van der Waals surface area contributed by atoms with Crippen LogP contribution in [0.5, 0.6) is 0 Å². The van der Waals surface area contributed by atoms with E-state index in [-0.39, 0.29) is 23.3 Å². The zero-order chi connectivity index (χ0) is 15.4. The predicted octanol–water partition coefficient (Wildman–Crippen LogP) is 2.37. The normalized spacial score (nSPS) is 23.4. The lowest BCUT2D eigenvalue weighted by molar-refractivity contribution is 0.00623. The van der Waals surface area contributed by atoms with E-state index in [0.717, 1.165) is 45.1 Å². The fraction of sp³-hybridized carbons (Fsp3) is 0.625. The second-order valence-electron chi connectivity index (χ2n) is 6.21. The van der Waals surface area contributed by atoms with Crippen LogP contribution in [0.3, 0.4) is 0 Å². The van der Waals surface area contributed by atoms with Crippen molar-refractivity contribution in [1.29, 1.82) is 0 Å². The van der Waals surface area contributed by atoms with Gasteiger partial charge in [-0.25, -0.2) is 9.18 Å². The standard InChI is InChI=1S/C16H22FN3O2/c17-12-3-4-13(18-10-12)11-19-15(21)20-14-2-1-5-16(14)6-8-22-9-7-16/h3-4,10,14H,1-2,5-9,11H2,(H2,19,20,21)/t14-/m0/s1. The van der Waals surface area contributed by atoms with Gasteiger partial charge in [0, 0.05) is 19.3 Å². The fourth-order valence-electron chi connectivity index (χ4n) is 3.63. The summed E-state index contributed by atoms with van der Waals surface area (Å²) in [6, 6.07) is 2.96. The van der Waals surface area contributed by atoms with Gasteiger partial charge >= 0.3 is 6.03 Å². The molecular formula is C16H22FN3O2. The Morgan fingerprint density at radius 3 is 2.91 bits per heavy atom. The number of ether oxygens (including phenoxy) is 1. The maximum atomic E-state index is 12.8. The second-order valence-corrected chi connectivity index (χ2v) is 6.21. The number of hydrogen-bond donors (Lipinski definition) is 2. The molecule has 2 fully saturated rings. The molecule has 1 aliphatic carbocycles. The summed E-state index contributed by atoms with van der Waals surface area (Å²) in [6.45, 7) is 1.88. The van der Waals surface area contributed by atoms with Gasteiger partial charge in [-0.05, 0) is 43.2 Å². The minimum absolute atomic E-state index is 0.177. The molecule has 1 atom stereocenters. The number of amides is 2. The fourth-order valence-corrected chi connectivity index (χ4v) is 3.63. The number of nitrogens with zero attached hydrogens (tertiary/aromatic N) is 1. The first kappa shape index (κ1) is 15.2. The zero-order valence-electron chi connectivity index (χ0n) is 12.6. The van der Waals surface area contributed by atoms with Crippen LogP contribution in [0.2, 0.25) is 0 Å². The smallest absolute Gasteiger partial charge is 0.315 e. The molecule has 5 nitrogen and oxygen atoms in total. The summed E-state index contributed by atoms with van der Waals surface area (Å²) in [5.74, 6) is -0.374. The van der Waals surface area contributed by atoms with Crippen molar-refractivity contribution >= 4 is 6.03 Å². The van der Waals surface area contributed by atoms with Crippen molar-refractivity contribution in [3.8, 4) is 0 Å². The average Bonchev–Trinajstić information content (AvgIpc) is 2.89. The van der Waals surface area contributed by atoms with Crippen LogP contribution in [-0.4, -0.2) is 30.3 Å². The molecule has 0 unspecified atom stereocenters. The second kappa shape index (κ2) is 6.60. The number of pyridine rings is 1. The maximum Gasteiger partial charge on any atom is 0.315 e. The Morgan fingerprint density at radius 1 is 1.36 bits per heavy atom. The third-order valence-corrected chi connectivity index (χ3v) is 4.92. The molecule has 0 bridgehead atoms. The molecule has 1 aromatic heterocycles. The van der Waals surface area contributed by atoms with Crippen molar-refractivity contribution in [1.82, 2.24) is 15.6 Å². The highest BCUT2D eigenvalue weighted by atomic mass is 19.1. The van der Waals surface area contributed by atoms with Gasteiger partial charge in [-0.15, -0.1) is 0 Å². The van der Waals surface area contributed by atoms with E-state index in [0.29, 0.717) is 12.2 Å². The lowest BCUT2D eigenvalue weighted by atomic mass is 9.75. The van der Waals surface area contributed by atoms with E-state index in [2.05, 4.69) is 15.6 Å². The SMILES string of the molecule is O=C(NCc1ccc(F)cn1)N[C@H]1CCCC12CCOCC2. The quantitative estimate of drug-likeness (QED) is 0.901. The third-order valence-electron chi connectivity index (χ3n) is 4.92. The molecule has 1 spiro atoms. The maximum absolute atomic E-state index is 12.8. The van der Waals surface area contributed by atoms with Crippen molar-refractivity contribution in [3.63, 3.8) is 0 Å². The highest BCUT2D eigenvalue weighted by Gasteiger charge is 2.44. The number of carbonyl (C=O) groups excluding carboxylic acids is 1. The van der Waals surface area contributed by atoms with Gasteiger partial charge in [0.2, 0.25) is 0 Å². The predicted molar refractivity (Wildman–Crippen MR) is 79.7 cm³/mol. The van der Waals surface area contributed by atoms with Crippen LogP contribution >= 0.6 is 0 Å². The van der Waals surface area contributed by atoms with Gasteiger partial charge < -0.3 is 15.4 Å². The van der Waals surface area contributed by atoms with Gasteiger partial charge in [-0.2, -0.15) is 0 Å². The highest BCUT2D eigenvalue weighted by Crippen LogP contribution is 2.45. The van der Waals surface area contributed by atoms with Gasteiger partial charge in [0.25, 0.3) is 0 Å². The van der Waals surface area contributed by atoms with E-state index in [1.807, 2.05) is 0 Å². The summed E-state index contributed by atoms with van der Waals surface area (Å²) >= 11 is 0. The Morgan fingerprint density at radius 2 is 2.18 bits per heavy atom. The van der Waals surface area contributed by atoms with E-state index in [4.69, 9.17) is 4.74 Å². The Hall–Kier alpha value is -1.69. The van der Waals surface area contributed by atoms with E-state index in [1.54, 1.807) is 6.07 Å². The van der Waals surface area contributed by atoms with E-state index in [9.17, 15) is 9.18 Å². The molecular weight excluding hydrogens is 285 g/mol. The molecule has 2 heterocycles. The van der Waals surface area contributed by atoms with E-state index < -0.39 is 0 Å². The van der Waals surface area contributed by atoms with Crippen LogP contribution in [0.15, 0.2) is 18.3 Å². The summed E-state index contributed by atoms with van der Waals surface area (Å²) in [4.78, 5) is 16.0. The summed E-state index contributed by atoms with van der Waals surface area (Å²) in [7, 11) is 0. The molecule has 2 aliphatic rings. The largest absolute Gasteiger partial charge is 0.381 e. The summed E-state index contributed by atoms with van der Waals surface area (Å²) in [5.41, 5.74) is 0.854. The topological polar surface area (TPSA) is 63.2 Å². The Balaban J connectivity index is 1.51.